The number of para-hydroxylation sites is 1. The highest BCUT2D eigenvalue weighted by Gasteiger charge is 2.18. The molecule has 0 radical (unpaired) electrons. The lowest BCUT2D eigenvalue weighted by atomic mass is 10.1. The van der Waals surface area contributed by atoms with Gasteiger partial charge in [0.15, 0.2) is 0 Å². The van der Waals surface area contributed by atoms with Crippen molar-refractivity contribution in [2.24, 2.45) is 5.73 Å². The lowest BCUT2D eigenvalue weighted by Crippen LogP contribution is -2.37. The summed E-state index contributed by atoms with van der Waals surface area (Å²) in [5.41, 5.74) is 7.77. The van der Waals surface area contributed by atoms with E-state index in [0.29, 0.717) is 6.54 Å². The SMILES string of the molecule is Cc1cccc2c1OC(CN)CN2. The average Bonchev–Trinajstić information content (AvgIpc) is 2.18. The molecule has 0 aliphatic carbocycles. The van der Waals surface area contributed by atoms with E-state index in [1.807, 2.05) is 25.1 Å². The van der Waals surface area contributed by atoms with Crippen LogP contribution >= 0.6 is 0 Å². The number of fused-ring (bicyclic) bond motifs is 1. The number of anilines is 1. The van der Waals surface area contributed by atoms with Crippen LogP contribution in [-0.4, -0.2) is 19.2 Å². The summed E-state index contributed by atoms with van der Waals surface area (Å²) in [5.74, 6) is 0.948. The van der Waals surface area contributed by atoms with Crippen molar-refractivity contribution in [3.63, 3.8) is 0 Å². The summed E-state index contributed by atoms with van der Waals surface area (Å²) >= 11 is 0. The summed E-state index contributed by atoms with van der Waals surface area (Å²) in [6.07, 6.45) is 0.105. The second-order valence-corrected chi connectivity index (χ2v) is 3.31. The molecule has 0 amide bonds. The topological polar surface area (TPSA) is 47.3 Å². The number of benzene rings is 1. The summed E-state index contributed by atoms with van der Waals surface area (Å²) in [7, 11) is 0. The van der Waals surface area contributed by atoms with E-state index in [0.717, 1.165) is 23.5 Å². The summed E-state index contributed by atoms with van der Waals surface area (Å²) < 4.78 is 5.72. The van der Waals surface area contributed by atoms with E-state index in [9.17, 15) is 0 Å². The van der Waals surface area contributed by atoms with Gasteiger partial charge in [0, 0.05) is 6.54 Å². The predicted molar refractivity (Wildman–Crippen MR) is 53.1 cm³/mol. The van der Waals surface area contributed by atoms with Crippen molar-refractivity contribution in [1.82, 2.24) is 0 Å². The van der Waals surface area contributed by atoms with Gasteiger partial charge in [0.25, 0.3) is 0 Å². The van der Waals surface area contributed by atoms with Crippen LogP contribution in [0.5, 0.6) is 5.75 Å². The molecule has 3 nitrogen and oxygen atoms in total. The van der Waals surface area contributed by atoms with E-state index in [1.165, 1.54) is 0 Å². The first kappa shape index (κ1) is 8.38. The van der Waals surface area contributed by atoms with E-state index < -0.39 is 0 Å². The first-order valence-corrected chi connectivity index (χ1v) is 4.51. The Morgan fingerprint density at radius 3 is 3.23 bits per heavy atom. The highest BCUT2D eigenvalue weighted by atomic mass is 16.5. The summed E-state index contributed by atoms with van der Waals surface area (Å²) in [6.45, 7) is 3.40. The van der Waals surface area contributed by atoms with Gasteiger partial charge in [0.1, 0.15) is 11.9 Å². The number of hydrogen-bond donors (Lipinski definition) is 2. The quantitative estimate of drug-likeness (QED) is 0.677. The van der Waals surface area contributed by atoms with Gasteiger partial charge in [-0.15, -0.1) is 0 Å². The van der Waals surface area contributed by atoms with Crippen LogP contribution in [0.1, 0.15) is 5.56 Å². The second kappa shape index (κ2) is 3.26. The van der Waals surface area contributed by atoms with Crippen LogP contribution < -0.4 is 15.8 Å². The van der Waals surface area contributed by atoms with E-state index in [2.05, 4.69) is 5.32 Å². The number of aryl methyl sites for hydroxylation is 1. The minimum atomic E-state index is 0.105. The minimum absolute atomic E-state index is 0.105. The molecule has 70 valence electrons. The third-order valence-corrected chi connectivity index (χ3v) is 2.28. The highest BCUT2D eigenvalue weighted by Crippen LogP contribution is 2.31. The van der Waals surface area contributed by atoms with Crippen LogP contribution in [0.3, 0.4) is 0 Å². The van der Waals surface area contributed by atoms with Crippen LogP contribution in [0.15, 0.2) is 18.2 Å². The third kappa shape index (κ3) is 1.47. The summed E-state index contributed by atoms with van der Waals surface area (Å²) in [6, 6.07) is 6.09. The zero-order valence-corrected chi connectivity index (χ0v) is 7.71. The monoisotopic (exact) mass is 178 g/mol. The summed E-state index contributed by atoms with van der Waals surface area (Å²) in [5, 5.41) is 3.30. The molecular formula is C10H14N2O. The lowest BCUT2D eigenvalue weighted by molar-refractivity contribution is 0.212. The van der Waals surface area contributed by atoms with Crippen LogP contribution in [0, 0.1) is 6.92 Å². The first-order valence-electron chi connectivity index (χ1n) is 4.51. The predicted octanol–water partition coefficient (Wildman–Crippen LogP) is 1.13. The van der Waals surface area contributed by atoms with Gasteiger partial charge in [-0.05, 0) is 18.6 Å². The Morgan fingerprint density at radius 2 is 2.46 bits per heavy atom. The molecule has 0 saturated carbocycles. The molecule has 3 heteroatoms. The zero-order chi connectivity index (χ0) is 9.26. The fourth-order valence-corrected chi connectivity index (χ4v) is 1.51. The number of rotatable bonds is 1. The fraction of sp³-hybridized carbons (Fsp3) is 0.400. The maximum atomic E-state index is 5.72. The van der Waals surface area contributed by atoms with Gasteiger partial charge in [-0.2, -0.15) is 0 Å². The molecule has 1 aromatic carbocycles. The van der Waals surface area contributed by atoms with E-state index in [1.54, 1.807) is 0 Å². The summed E-state index contributed by atoms with van der Waals surface area (Å²) in [4.78, 5) is 0. The molecule has 2 rings (SSSR count). The molecule has 3 N–H and O–H groups in total. The van der Waals surface area contributed by atoms with Crippen molar-refractivity contribution >= 4 is 5.69 Å². The van der Waals surface area contributed by atoms with Gasteiger partial charge in [-0.3, -0.25) is 0 Å². The molecule has 0 saturated heterocycles. The van der Waals surface area contributed by atoms with Crippen LogP contribution in [0.2, 0.25) is 0 Å². The number of nitrogens with two attached hydrogens (primary N) is 1. The van der Waals surface area contributed by atoms with E-state index >= 15 is 0 Å². The smallest absolute Gasteiger partial charge is 0.145 e. The molecule has 0 fully saturated rings. The molecule has 13 heavy (non-hydrogen) atoms. The molecular weight excluding hydrogens is 164 g/mol. The molecule has 1 aliphatic heterocycles. The normalized spacial score (nSPS) is 20.0. The second-order valence-electron chi connectivity index (χ2n) is 3.31. The Labute approximate surface area is 77.9 Å². The number of nitrogens with one attached hydrogen (secondary N) is 1. The number of ether oxygens (including phenoxy) is 1. The van der Waals surface area contributed by atoms with Crippen LogP contribution in [0.4, 0.5) is 5.69 Å². The van der Waals surface area contributed by atoms with Gasteiger partial charge in [-0.25, -0.2) is 0 Å². The third-order valence-electron chi connectivity index (χ3n) is 2.28. The number of hydrogen-bond acceptors (Lipinski definition) is 3. The van der Waals surface area contributed by atoms with E-state index in [-0.39, 0.29) is 6.10 Å². The molecule has 1 aromatic rings. The molecule has 1 aliphatic rings. The fourth-order valence-electron chi connectivity index (χ4n) is 1.51. The molecule has 0 bridgehead atoms. The van der Waals surface area contributed by atoms with Gasteiger partial charge < -0.3 is 15.8 Å². The zero-order valence-electron chi connectivity index (χ0n) is 7.71. The first-order chi connectivity index (χ1) is 6.31. The highest BCUT2D eigenvalue weighted by molar-refractivity contribution is 5.61. The van der Waals surface area contributed by atoms with Crippen molar-refractivity contribution in [1.29, 1.82) is 0 Å². The Hall–Kier alpha value is -1.22. The maximum Gasteiger partial charge on any atom is 0.145 e. The van der Waals surface area contributed by atoms with Crippen molar-refractivity contribution in [3.05, 3.63) is 23.8 Å². The van der Waals surface area contributed by atoms with Gasteiger partial charge in [0.2, 0.25) is 0 Å². The van der Waals surface area contributed by atoms with Crippen molar-refractivity contribution in [3.8, 4) is 5.75 Å². The Morgan fingerprint density at radius 1 is 1.62 bits per heavy atom. The van der Waals surface area contributed by atoms with Crippen molar-refractivity contribution in [2.75, 3.05) is 18.4 Å². The largest absolute Gasteiger partial charge is 0.485 e. The molecule has 0 aromatic heterocycles. The molecule has 1 heterocycles. The van der Waals surface area contributed by atoms with Gasteiger partial charge in [-0.1, -0.05) is 12.1 Å². The van der Waals surface area contributed by atoms with Crippen molar-refractivity contribution in [2.45, 2.75) is 13.0 Å². The Balaban J connectivity index is 2.32. The molecule has 1 unspecified atom stereocenters. The Kier molecular flexibility index (Phi) is 2.10. The van der Waals surface area contributed by atoms with Gasteiger partial charge in [0.05, 0.1) is 12.2 Å². The molecule has 1 atom stereocenters. The lowest BCUT2D eigenvalue weighted by Gasteiger charge is -2.27. The van der Waals surface area contributed by atoms with E-state index in [4.69, 9.17) is 10.5 Å². The average molecular weight is 178 g/mol. The minimum Gasteiger partial charge on any atom is -0.485 e. The van der Waals surface area contributed by atoms with Crippen LogP contribution in [-0.2, 0) is 0 Å². The van der Waals surface area contributed by atoms with Gasteiger partial charge >= 0.3 is 0 Å². The van der Waals surface area contributed by atoms with Crippen molar-refractivity contribution < 1.29 is 4.74 Å². The Bertz CT molecular complexity index is 312. The van der Waals surface area contributed by atoms with Crippen LogP contribution in [0.25, 0.3) is 0 Å². The maximum absolute atomic E-state index is 5.72. The molecule has 0 spiro atoms. The standard InChI is InChI=1S/C10H14N2O/c1-7-3-2-4-9-10(7)13-8(5-11)6-12-9/h2-4,8,12H,5-6,11H2,1H3.